The topological polar surface area (TPSA) is 36.3 Å². The van der Waals surface area contributed by atoms with Crippen LogP contribution in [0.25, 0.3) is 0 Å². The molecule has 1 fully saturated rings. The number of nitrogens with zero attached hydrogens (tertiary/aromatic N) is 2. The average molecular weight is 276 g/mol. The molecule has 3 unspecified atom stereocenters. The van der Waals surface area contributed by atoms with Crippen molar-refractivity contribution in [2.45, 2.75) is 37.0 Å². The molecule has 0 amide bonds. The Balaban J connectivity index is 2.16. The monoisotopic (exact) mass is 276 g/mol. The second-order valence-electron chi connectivity index (χ2n) is 5.02. The molecule has 0 aliphatic carbocycles. The first kappa shape index (κ1) is 14.4. The van der Waals surface area contributed by atoms with Gasteiger partial charge < -0.3 is 4.74 Å². The van der Waals surface area contributed by atoms with E-state index in [0.29, 0.717) is 0 Å². The number of benzene rings is 1. The summed E-state index contributed by atoms with van der Waals surface area (Å²) in [6, 6.07) is 10.5. The number of morpholine rings is 1. The van der Waals surface area contributed by atoms with Crippen LogP contribution in [0, 0.1) is 11.3 Å². The molecule has 0 N–H and O–H groups in total. The van der Waals surface area contributed by atoms with Gasteiger partial charge in [-0.15, -0.1) is 11.8 Å². The maximum absolute atomic E-state index is 9.49. The summed E-state index contributed by atoms with van der Waals surface area (Å²) < 4.78 is 5.73. The van der Waals surface area contributed by atoms with Crippen molar-refractivity contribution >= 4 is 11.8 Å². The summed E-state index contributed by atoms with van der Waals surface area (Å²) in [6.45, 7) is 5.75. The molecule has 2 rings (SSSR count). The predicted molar refractivity (Wildman–Crippen MR) is 78.2 cm³/mol. The molecule has 4 heteroatoms. The minimum absolute atomic E-state index is 0.176. The van der Waals surface area contributed by atoms with Crippen LogP contribution in [0.1, 0.15) is 25.5 Å². The fraction of sp³-hybridized carbons (Fsp3) is 0.533. The molecule has 1 aromatic rings. The summed E-state index contributed by atoms with van der Waals surface area (Å²) in [5.74, 6) is 0. The van der Waals surface area contributed by atoms with E-state index in [1.165, 1.54) is 4.90 Å². The minimum Gasteiger partial charge on any atom is -0.373 e. The van der Waals surface area contributed by atoms with Crippen LogP contribution < -0.4 is 0 Å². The normalized spacial score (nSPS) is 25.8. The third-order valence-corrected chi connectivity index (χ3v) is 4.11. The van der Waals surface area contributed by atoms with E-state index in [2.05, 4.69) is 55.3 Å². The van der Waals surface area contributed by atoms with Gasteiger partial charge in [-0.25, -0.2) is 0 Å². The van der Waals surface area contributed by atoms with E-state index >= 15 is 0 Å². The third-order valence-electron chi connectivity index (χ3n) is 3.37. The van der Waals surface area contributed by atoms with Gasteiger partial charge in [-0.2, -0.15) is 5.26 Å². The predicted octanol–water partition coefficient (Wildman–Crippen LogP) is 3.08. The molecule has 1 heterocycles. The molecule has 0 saturated carbocycles. The lowest BCUT2D eigenvalue weighted by atomic mass is 10.0. The van der Waals surface area contributed by atoms with Gasteiger partial charge in [0.2, 0.25) is 0 Å². The largest absolute Gasteiger partial charge is 0.373 e. The number of hydrogen-bond acceptors (Lipinski definition) is 4. The van der Waals surface area contributed by atoms with Crippen molar-refractivity contribution in [3.8, 4) is 6.07 Å². The molecule has 102 valence electrons. The number of nitriles is 1. The van der Waals surface area contributed by atoms with Gasteiger partial charge in [-0.1, -0.05) is 12.1 Å². The number of rotatable bonds is 3. The molecule has 0 spiro atoms. The van der Waals surface area contributed by atoms with Gasteiger partial charge in [0.25, 0.3) is 0 Å². The average Bonchev–Trinajstić information content (AvgIpc) is 2.39. The van der Waals surface area contributed by atoms with Crippen LogP contribution in [0.5, 0.6) is 0 Å². The molecule has 0 bridgehead atoms. The van der Waals surface area contributed by atoms with Crippen molar-refractivity contribution in [2.75, 3.05) is 19.3 Å². The highest BCUT2D eigenvalue weighted by Gasteiger charge is 2.28. The quantitative estimate of drug-likeness (QED) is 0.795. The Bertz CT molecular complexity index is 444. The Morgan fingerprint density at radius 2 is 1.84 bits per heavy atom. The second-order valence-corrected chi connectivity index (χ2v) is 5.90. The SMILES string of the molecule is CSc1ccc(C(C#N)N2CC(C)OC(C)C2)cc1. The molecule has 0 aromatic heterocycles. The zero-order chi connectivity index (χ0) is 13.8. The summed E-state index contributed by atoms with van der Waals surface area (Å²) in [6.07, 6.45) is 2.43. The van der Waals surface area contributed by atoms with Gasteiger partial charge in [0.1, 0.15) is 6.04 Å². The van der Waals surface area contributed by atoms with Crippen LogP contribution in [-0.4, -0.2) is 36.5 Å². The lowest BCUT2D eigenvalue weighted by Gasteiger charge is -2.37. The Morgan fingerprint density at radius 1 is 1.26 bits per heavy atom. The van der Waals surface area contributed by atoms with Gasteiger partial charge in [0.15, 0.2) is 0 Å². The lowest BCUT2D eigenvalue weighted by Crippen LogP contribution is -2.46. The fourth-order valence-electron chi connectivity index (χ4n) is 2.58. The Labute approximate surface area is 119 Å². The maximum Gasteiger partial charge on any atom is 0.124 e. The summed E-state index contributed by atoms with van der Waals surface area (Å²) in [4.78, 5) is 3.44. The van der Waals surface area contributed by atoms with E-state index < -0.39 is 0 Å². The standard InChI is InChI=1S/C15H20N2OS/c1-11-9-17(10-12(2)18-11)15(8-16)13-4-6-14(19-3)7-5-13/h4-7,11-12,15H,9-10H2,1-3H3. The van der Waals surface area contributed by atoms with Gasteiger partial charge >= 0.3 is 0 Å². The molecule has 1 aliphatic heterocycles. The molecular formula is C15H20N2OS. The van der Waals surface area contributed by atoms with Crippen molar-refractivity contribution in [2.24, 2.45) is 0 Å². The lowest BCUT2D eigenvalue weighted by molar-refractivity contribution is -0.0750. The highest BCUT2D eigenvalue weighted by molar-refractivity contribution is 7.98. The van der Waals surface area contributed by atoms with E-state index in [9.17, 15) is 5.26 Å². The summed E-state index contributed by atoms with van der Waals surface area (Å²) in [5, 5.41) is 9.49. The fourth-order valence-corrected chi connectivity index (χ4v) is 2.99. The van der Waals surface area contributed by atoms with Gasteiger partial charge in [0, 0.05) is 18.0 Å². The molecule has 3 atom stereocenters. The van der Waals surface area contributed by atoms with Crippen LogP contribution >= 0.6 is 11.8 Å². The van der Waals surface area contributed by atoms with Crippen LogP contribution in [0.3, 0.4) is 0 Å². The number of thioether (sulfide) groups is 1. The van der Waals surface area contributed by atoms with Crippen LogP contribution in [0.4, 0.5) is 0 Å². The molecular weight excluding hydrogens is 256 g/mol. The molecule has 1 aliphatic rings. The number of hydrogen-bond donors (Lipinski definition) is 0. The number of ether oxygens (including phenoxy) is 1. The van der Waals surface area contributed by atoms with Crippen molar-refractivity contribution in [1.82, 2.24) is 4.90 Å². The highest BCUT2D eigenvalue weighted by atomic mass is 32.2. The zero-order valence-corrected chi connectivity index (χ0v) is 12.5. The van der Waals surface area contributed by atoms with Gasteiger partial charge in [0.05, 0.1) is 18.3 Å². The third kappa shape index (κ3) is 3.50. The highest BCUT2D eigenvalue weighted by Crippen LogP contribution is 2.26. The molecule has 0 radical (unpaired) electrons. The van der Waals surface area contributed by atoms with E-state index in [0.717, 1.165) is 18.7 Å². The summed E-state index contributed by atoms with van der Waals surface area (Å²) >= 11 is 1.72. The molecule has 1 saturated heterocycles. The summed E-state index contributed by atoms with van der Waals surface area (Å²) in [5.41, 5.74) is 1.07. The van der Waals surface area contributed by atoms with Gasteiger partial charge in [-0.3, -0.25) is 4.90 Å². The van der Waals surface area contributed by atoms with Crippen LogP contribution in [0.2, 0.25) is 0 Å². The Kier molecular flexibility index (Phi) is 4.87. The minimum atomic E-state index is -0.176. The smallest absolute Gasteiger partial charge is 0.124 e. The first-order valence-corrected chi connectivity index (χ1v) is 7.79. The maximum atomic E-state index is 9.49. The summed E-state index contributed by atoms with van der Waals surface area (Å²) in [7, 11) is 0. The second kappa shape index (κ2) is 6.42. The first-order chi connectivity index (χ1) is 9.13. The Morgan fingerprint density at radius 3 is 2.32 bits per heavy atom. The van der Waals surface area contributed by atoms with Crippen molar-refractivity contribution < 1.29 is 4.74 Å². The van der Waals surface area contributed by atoms with E-state index in [1.807, 2.05) is 0 Å². The molecule has 19 heavy (non-hydrogen) atoms. The van der Waals surface area contributed by atoms with Gasteiger partial charge in [-0.05, 0) is 37.8 Å². The van der Waals surface area contributed by atoms with E-state index in [1.54, 1.807) is 11.8 Å². The van der Waals surface area contributed by atoms with Crippen molar-refractivity contribution in [3.05, 3.63) is 29.8 Å². The molecule has 3 nitrogen and oxygen atoms in total. The molecule has 1 aromatic carbocycles. The Hall–Kier alpha value is -1.02. The zero-order valence-electron chi connectivity index (χ0n) is 11.7. The van der Waals surface area contributed by atoms with E-state index in [4.69, 9.17) is 4.74 Å². The van der Waals surface area contributed by atoms with Crippen LogP contribution in [0.15, 0.2) is 29.2 Å². The van der Waals surface area contributed by atoms with Crippen LogP contribution in [-0.2, 0) is 4.74 Å². The van der Waals surface area contributed by atoms with Crippen molar-refractivity contribution in [1.29, 1.82) is 5.26 Å². The van der Waals surface area contributed by atoms with E-state index in [-0.39, 0.29) is 18.2 Å². The van der Waals surface area contributed by atoms with Crippen molar-refractivity contribution in [3.63, 3.8) is 0 Å². The first-order valence-electron chi connectivity index (χ1n) is 6.57.